The molecule has 0 saturated carbocycles. The molecule has 3 rings (SSSR count). The molecule has 25 heavy (non-hydrogen) atoms. The highest BCUT2D eigenvalue weighted by Crippen LogP contribution is 2.33. The molecule has 2 aromatic rings. The molecule has 0 amide bonds. The van der Waals surface area contributed by atoms with Gasteiger partial charge in [-0.25, -0.2) is 8.42 Å². The molecule has 1 heterocycles. The van der Waals surface area contributed by atoms with Crippen molar-refractivity contribution in [3.05, 3.63) is 65.7 Å². The summed E-state index contributed by atoms with van der Waals surface area (Å²) in [7, 11) is -3.62. The smallest absolute Gasteiger partial charge is 0.302 e. The normalized spacial score (nSPS) is 21.2. The van der Waals surface area contributed by atoms with Gasteiger partial charge in [-0.3, -0.25) is 4.79 Å². The molecule has 1 saturated heterocycles. The first-order valence-electron chi connectivity index (χ1n) is 8.17. The van der Waals surface area contributed by atoms with Crippen molar-refractivity contribution in [2.75, 3.05) is 13.1 Å². The summed E-state index contributed by atoms with van der Waals surface area (Å²) in [5, 5.41) is 0. The van der Waals surface area contributed by atoms with Gasteiger partial charge in [-0.1, -0.05) is 48.0 Å². The van der Waals surface area contributed by atoms with Crippen LogP contribution in [0.15, 0.2) is 59.5 Å². The molecule has 2 atom stereocenters. The molecule has 1 aliphatic rings. The van der Waals surface area contributed by atoms with Crippen LogP contribution in [0.5, 0.6) is 0 Å². The van der Waals surface area contributed by atoms with E-state index in [2.05, 4.69) is 0 Å². The second-order valence-corrected chi connectivity index (χ2v) is 8.24. The van der Waals surface area contributed by atoms with E-state index in [4.69, 9.17) is 4.74 Å². The number of hydrogen-bond acceptors (Lipinski definition) is 4. The van der Waals surface area contributed by atoms with Crippen molar-refractivity contribution in [1.82, 2.24) is 4.31 Å². The summed E-state index contributed by atoms with van der Waals surface area (Å²) in [6, 6.07) is 16.4. The lowest BCUT2D eigenvalue weighted by atomic mass is 9.96. The Balaban J connectivity index is 1.90. The standard InChI is InChI=1S/C19H21NO4S/c1-14-8-10-17(11-9-14)25(22,23)20-12-18(16-6-4-3-5-7-16)19(13-20)24-15(2)21/h3-11,18-19H,12-13H2,1-2H3/t18-,19+/m1/s1. The van der Waals surface area contributed by atoms with Crippen molar-refractivity contribution < 1.29 is 17.9 Å². The quantitative estimate of drug-likeness (QED) is 0.788. The molecule has 0 radical (unpaired) electrons. The van der Waals surface area contributed by atoms with Gasteiger partial charge < -0.3 is 4.74 Å². The third-order valence-electron chi connectivity index (χ3n) is 4.44. The highest BCUT2D eigenvalue weighted by Gasteiger charge is 2.41. The van der Waals surface area contributed by atoms with Crippen LogP contribution < -0.4 is 0 Å². The number of esters is 1. The molecule has 2 aromatic carbocycles. The molecule has 1 aliphatic heterocycles. The average Bonchev–Trinajstić information content (AvgIpc) is 3.00. The van der Waals surface area contributed by atoms with Crippen LogP contribution in [-0.4, -0.2) is 37.9 Å². The van der Waals surface area contributed by atoms with Crippen LogP contribution in [0.3, 0.4) is 0 Å². The van der Waals surface area contributed by atoms with Gasteiger partial charge in [0.2, 0.25) is 10.0 Å². The molecule has 132 valence electrons. The average molecular weight is 359 g/mol. The van der Waals surface area contributed by atoms with E-state index in [0.29, 0.717) is 0 Å². The lowest BCUT2D eigenvalue weighted by Crippen LogP contribution is -2.30. The number of nitrogens with zero attached hydrogens (tertiary/aromatic N) is 1. The molecule has 0 aliphatic carbocycles. The van der Waals surface area contributed by atoms with Gasteiger partial charge >= 0.3 is 5.97 Å². The van der Waals surface area contributed by atoms with Gasteiger partial charge in [0.05, 0.1) is 11.4 Å². The van der Waals surface area contributed by atoms with E-state index >= 15 is 0 Å². The van der Waals surface area contributed by atoms with Gasteiger partial charge in [-0.05, 0) is 24.6 Å². The molecule has 0 spiro atoms. The van der Waals surface area contributed by atoms with Gasteiger partial charge in [0, 0.05) is 19.4 Å². The van der Waals surface area contributed by atoms with Crippen molar-refractivity contribution in [1.29, 1.82) is 0 Å². The maximum atomic E-state index is 12.9. The van der Waals surface area contributed by atoms with Gasteiger partial charge in [0.1, 0.15) is 6.10 Å². The first kappa shape index (κ1) is 17.6. The van der Waals surface area contributed by atoms with E-state index in [9.17, 15) is 13.2 Å². The maximum absolute atomic E-state index is 12.9. The second kappa shape index (κ2) is 6.98. The fraction of sp³-hybridized carbons (Fsp3) is 0.316. The van der Waals surface area contributed by atoms with Crippen LogP contribution in [0.1, 0.15) is 24.0 Å². The zero-order valence-corrected chi connectivity index (χ0v) is 15.1. The number of benzene rings is 2. The van der Waals surface area contributed by atoms with Crippen LogP contribution >= 0.6 is 0 Å². The van der Waals surface area contributed by atoms with Gasteiger partial charge in [-0.15, -0.1) is 0 Å². The molecular weight excluding hydrogens is 338 g/mol. The number of sulfonamides is 1. The van der Waals surface area contributed by atoms with Gasteiger partial charge in [0.15, 0.2) is 0 Å². The van der Waals surface area contributed by atoms with Crippen molar-refractivity contribution in [3.63, 3.8) is 0 Å². The fourth-order valence-corrected chi connectivity index (χ4v) is 4.63. The summed E-state index contributed by atoms with van der Waals surface area (Å²) >= 11 is 0. The Morgan fingerprint density at radius 3 is 2.28 bits per heavy atom. The molecule has 0 unspecified atom stereocenters. The fourth-order valence-electron chi connectivity index (χ4n) is 3.15. The Hall–Kier alpha value is -2.18. The van der Waals surface area contributed by atoms with Crippen LogP contribution in [-0.2, 0) is 19.6 Å². The third kappa shape index (κ3) is 3.75. The maximum Gasteiger partial charge on any atom is 0.302 e. The van der Waals surface area contributed by atoms with E-state index in [1.54, 1.807) is 24.3 Å². The molecule has 5 nitrogen and oxygen atoms in total. The predicted molar refractivity (Wildman–Crippen MR) is 94.7 cm³/mol. The van der Waals surface area contributed by atoms with Crippen LogP contribution in [0.4, 0.5) is 0 Å². The van der Waals surface area contributed by atoms with E-state index < -0.39 is 22.1 Å². The molecule has 0 aromatic heterocycles. The summed E-state index contributed by atoms with van der Waals surface area (Å²) in [5.74, 6) is -0.578. The Morgan fingerprint density at radius 1 is 1.04 bits per heavy atom. The van der Waals surface area contributed by atoms with Crippen molar-refractivity contribution in [3.8, 4) is 0 Å². The minimum Gasteiger partial charge on any atom is -0.460 e. The topological polar surface area (TPSA) is 63.7 Å². The molecule has 0 bridgehead atoms. The van der Waals surface area contributed by atoms with Gasteiger partial charge in [-0.2, -0.15) is 4.31 Å². The monoisotopic (exact) mass is 359 g/mol. The second-order valence-electron chi connectivity index (χ2n) is 6.30. The molecule has 1 fully saturated rings. The van der Waals surface area contributed by atoms with Crippen LogP contribution in [0.25, 0.3) is 0 Å². The Labute approximate surface area is 148 Å². The number of hydrogen-bond donors (Lipinski definition) is 0. The molecule has 0 N–H and O–H groups in total. The molecular formula is C19H21NO4S. The van der Waals surface area contributed by atoms with Crippen LogP contribution in [0, 0.1) is 6.92 Å². The summed E-state index contributed by atoms with van der Waals surface area (Å²) in [6.07, 6.45) is -0.486. The Kier molecular flexibility index (Phi) is 4.92. The zero-order valence-electron chi connectivity index (χ0n) is 14.3. The number of ether oxygens (including phenoxy) is 1. The zero-order chi connectivity index (χ0) is 18.0. The lowest BCUT2D eigenvalue weighted by molar-refractivity contribution is -0.146. The summed E-state index contributed by atoms with van der Waals surface area (Å²) in [4.78, 5) is 11.7. The highest BCUT2D eigenvalue weighted by molar-refractivity contribution is 7.89. The number of aryl methyl sites for hydroxylation is 1. The highest BCUT2D eigenvalue weighted by atomic mass is 32.2. The van der Waals surface area contributed by atoms with E-state index in [0.717, 1.165) is 11.1 Å². The Morgan fingerprint density at radius 2 is 1.68 bits per heavy atom. The Bertz CT molecular complexity index is 847. The minimum absolute atomic E-state index is 0.162. The third-order valence-corrected chi connectivity index (χ3v) is 6.28. The predicted octanol–water partition coefficient (Wildman–Crippen LogP) is 2.71. The van der Waals surface area contributed by atoms with Crippen molar-refractivity contribution in [2.45, 2.75) is 30.8 Å². The number of rotatable bonds is 4. The summed E-state index contributed by atoms with van der Waals surface area (Å²) in [5.41, 5.74) is 1.97. The van der Waals surface area contributed by atoms with Crippen molar-refractivity contribution >= 4 is 16.0 Å². The van der Waals surface area contributed by atoms with Crippen molar-refractivity contribution in [2.24, 2.45) is 0 Å². The van der Waals surface area contributed by atoms with E-state index in [1.165, 1.54) is 11.2 Å². The number of carbonyl (C=O) groups is 1. The summed E-state index contributed by atoms with van der Waals surface area (Å²) < 4.78 is 32.7. The van der Waals surface area contributed by atoms with E-state index in [-0.39, 0.29) is 23.9 Å². The molecule has 6 heteroatoms. The summed E-state index contributed by atoms with van der Waals surface area (Å²) in [6.45, 7) is 3.71. The van der Waals surface area contributed by atoms with Gasteiger partial charge in [0.25, 0.3) is 0 Å². The lowest BCUT2D eigenvalue weighted by Gasteiger charge is -2.18. The minimum atomic E-state index is -3.62. The first-order chi connectivity index (χ1) is 11.9. The SMILES string of the molecule is CC(=O)O[C@H]1CN(S(=O)(=O)c2ccc(C)cc2)C[C@@H]1c1ccccc1. The van der Waals surface area contributed by atoms with E-state index in [1.807, 2.05) is 37.3 Å². The van der Waals surface area contributed by atoms with Crippen LogP contribution in [0.2, 0.25) is 0 Å². The largest absolute Gasteiger partial charge is 0.460 e. The first-order valence-corrected chi connectivity index (χ1v) is 9.61. The number of carbonyl (C=O) groups excluding carboxylic acids is 1.